The summed E-state index contributed by atoms with van der Waals surface area (Å²) in [6.45, 7) is 10.9. The van der Waals surface area contributed by atoms with Gasteiger partial charge in [-0.25, -0.2) is 0 Å². The maximum atomic E-state index is 12.2. The highest BCUT2D eigenvalue weighted by molar-refractivity contribution is 6.99. The van der Waals surface area contributed by atoms with Crippen LogP contribution in [0.25, 0.3) is 0 Å². The number of carbonyl (C=O) groups is 1. The Balaban J connectivity index is 2.07. The average molecular weight is 456 g/mol. The molecule has 0 heterocycles. The zero-order valence-electron chi connectivity index (χ0n) is 20.2. The van der Waals surface area contributed by atoms with Gasteiger partial charge in [-0.1, -0.05) is 81.4 Å². The molecule has 1 aliphatic rings. The fourth-order valence-corrected chi connectivity index (χ4v) is 9.58. The molecule has 1 amide bonds. The molecular formula is C26H37NO4Si. The lowest BCUT2D eigenvalue weighted by Gasteiger charge is -2.58. The first-order valence-electron chi connectivity index (χ1n) is 11.3. The van der Waals surface area contributed by atoms with Crippen molar-refractivity contribution in [2.24, 2.45) is 0 Å². The lowest BCUT2D eigenvalue weighted by molar-refractivity contribution is -0.214. The minimum Gasteiger partial charge on any atom is -0.405 e. The molecule has 6 heteroatoms. The van der Waals surface area contributed by atoms with Gasteiger partial charge in [-0.05, 0) is 35.2 Å². The van der Waals surface area contributed by atoms with Gasteiger partial charge in [-0.3, -0.25) is 4.79 Å². The maximum Gasteiger partial charge on any atom is 0.261 e. The van der Waals surface area contributed by atoms with E-state index >= 15 is 0 Å². The third-order valence-corrected chi connectivity index (χ3v) is 11.9. The van der Waals surface area contributed by atoms with E-state index in [2.05, 4.69) is 74.6 Å². The average Bonchev–Trinajstić information content (AvgIpc) is 2.76. The number of nitrogens with one attached hydrogen (secondary N) is 1. The summed E-state index contributed by atoms with van der Waals surface area (Å²) in [6.07, 6.45) is 1.63. The van der Waals surface area contributed by atoms with Crippen LogP contribution in [0.1, 0.15) is 47.5 Å². The van der Waals surface area contributed by atoms with Crippen molar-refractivity contribution in [2.45, 2.75) is 63.6 Å². The van der Waals surface area contributed by atoms with Crippen molar-refractivity contribution in [2.75, 3.05) is 20.5 Å². The Morgan fingerprint density at radius 2 is 1.53 bits per heavy atom. The normalized spacial score (nSPS) is 23.4. The van der Waals surface area contributed by atoms with E-state index in [1.807, 2.05) is 19.1 Å². The lowest BCUT2D eigenvalue weighted by atomic mass is 9.63. The smallest absolute Gasteiger partial charge is 0.261 e. The van der Waals surface area contributed by atoms with Gasteiger partial charge in [0.15, 0.2) is 0 Å². The molecule has 2 atom stereocenters. The van der Waals surface area contributed by atoms with Crippen LogP contribution in [-0.2, 0) is 18.7 Å². The molecule has 0 spiro atoms. The Kier molecular flexibility index (Phi) is 7.30. The van der Waals surface area contributed by atoms with Gasteiger partial charge in [-0.2, -0.15) is 0 Å². The molecule has 0 radical (unpaired) electrons. The van der Waals surface area contributed by atoms with E-state index < -0.39 is 19.5 Å². The summed E-state index contributed by atoms with van der Waals surface area (Å²) in [5.41, 5.74) is -1.16. The Morgan fingerprint density at radius 3 is 1.91 bits per heavy atom. The molecule has 2 aromatic carbocycles. The topological polar surface area (TPSA) is 56.8 Å². The molecule has 2 aromatic rings. The van der Waals surface area contributed by atoms with Crippen molar-refractivity contribution in [3.8, 4) is 0 Å². The first kappa shape index (κ1) is 24.6. The van der Waals surface area contributed by atoms with E-state index in [1.165, 1.54) is 10.4 Å². The molecule has 0 unspecified atom stereocenters. The Morgan fingerprint density at radius 1 is 1.00 bits per heavy atom. The minimum absolute atomic E-state index is 0.0806. The molecule has 1 saturated carbocycles. The fraction of sp³-hybridized carbons (Fsp3) is 0.500. The molecule has 1 N–H and O–H groups in total. The van der Waals surface area contributed by atoms with Crippen molar-refractivity contribution in [3.05, 3.63) is 60.7 Å². The van der Waals surface area contributed by atoms with Crippen molar-refractivity contribution in [1.29, 1.82) is 0 Å². The van der Waals surface area contributed by atoms with E-state index in [0.29, 0.717) is 6.61 Å². The molecule has 0 aromatic heterocycles. The first-order chi connectivity index (χ1) is 15.1. The number of ether oxygens (including phenoxy) is 2. The van der Waals surface area contributed by atoms with E-state index in [-0.39, 0.29) is 17.7 Å². The fourth-order valence-electron chi connectivity index (χ4n) is 4.96. The molecular weight excluding hydrogens is 418 g/mol. The second-order valence-corrected chi connectivity index (χ2v) is 14.3. The molecule has 3 rings (SSSR count). The minimum atomic E-state index is -2.72. The van der Waals surface area contributed by atoms with Gasteiger partial charge in [0.2, 0.25) is 5.91 Å². The molecule has 1 fully saturated rings. The van der Waals surface area contributed by atoms with Gasteiger partial charge in [0.1, 0.15) is 6.79 Å². The number of carbonyl (C=O) groups excluding carboxylic acids is 1. The monoisotopic (exact) mass is 455 g/mol. The Hall–Kier alpha value is -1.99. The predicted octanol–water partition coefficient (Wildman–Crippen LogP) is 3.61. The Bertz CT molecular complexity index is 860. The van der Waals surface area contributed by atoms with Crippen LogP contribution in [0.4, 0.5) is 0 Å². The van der Waals surface area contributed by atoms with Crippen LogP contribution in [-0.4, -0.2) is 45.9 Å². The predicted molar refractivity (Wildman–Crippen MR) is 131 cm³/mol. The molecule has 32 heavy (non-hydrogen) atoms. The molecule has 1 aliphatic carbocycles. The number of hydrogen-bond donors (Lipinski definition) is 1. The summed E-state index contributed by atoms with van der Waals surface area (Å²) >= 11 is 0. The first-order valence-corrected chi connectivity index (χ1v) is 13.2. The van der Waals surface area contributed by atoms with E-state index in [1.54, 1.807) is 14.0 Å². The summed E-state index contributed by atoms with van der Waals surface area (Å²) in [5, 5.41) is 5.49. The third kappa shape index (κ3) is 4.42. The van der Waals surface area contributed by atoms with Gasteiger partial charge in [-0.15, -0.1) is 0 Å². The number of benzene rings is 2. The van der Waals surface area contributed by atoms with Crippen LogP contribution in [0.15, 0.2) is 60.7 Å². The third-order valence-electron chi connectivity index (χ3n) is 6.90. The number of hydrogen-bond acceptors (Lipinski definition) is 4. The summed E-state index contributed by atoms with van der Waals surface area (Å²) in [7, 11) is -1.11. The van der Waals surface area contributed by atoms with Gasteiger partial charge < -0.3 is 19.2 Å². The largest absolute Gasteiger partial charge is 0.405 e. The van der Waals surface area contributed by atoms with Crippen LogP contribution in [0, 0.1) is 0 Å². The van der Waals surface area contributed by atoms with Crippen molar-refractivity contribution in [1.82, 2.24) is 5.32 Å². The summed E-state index contributed by atoms with van der Waals surface area (Å²) in [5.74, 6) is -0.0806. The van der Waals surface area contributed by atoms with Crippen molar-refractivity contribution >= 4 is 24.6 Å². The van der Waals surface area contributed by atoms with Gasteiger partial charge in [0, 0.05) is 14.0 Å². The molecule has 0 saturated heterocycles. The van der Waals surface area contributed by atoms with E-state index in [0.717, 1.165) is 12.8 Å². The highest BCUT2D eigenvalue weighted by Crippen LogP contribution is 2.47. The van der Waals surface area contributed by atoms with Crippen LogP contribution in [0.2, 0.25) is 5.04 Å². The van der Waals surface area contributed by atoms with Crippen LogP contribution >= 0.6 is 0 Å². The zero-order chi connectivity index (χ0) is 23.5. The second-order valence-electron chi connectivity index (χ2n) is 10.00. The zero-order valence-corrected chi connectivity index (χ0v) is 21.2. The van der Waals surface area contributed by atoms with Gasteiger partial charge in [0.25, 0.3) is 8.32 Å². The van der Waals surface area contributed by atoms with Crippen LogP contribution in [0.3, 0.4) is 0 Å². The number of rotatable bonds is 9. The SMILES string of the molecule is COCO[C@]1(C)CC[C@@]1(CO[Si](c1ccccc1)(c1ccccc1)C(C)(C)C)NC(C)=O. The van der Waals surface area contributed by atoms with Crippen molar-refractivity contribution < 1.29 is 18.7 Å². The molecule has 5 nitrogen and oxygen atoms in total. The maximum absolute atomic E-state index is 12.2. The quantitative estimate of drug-likeness (QED) is 0.464. The Labute approximate surface area is 193 Å². The highest BCUT2D eigenvalue weighted by atomic mass is 28.4. The van der Waals surface area contributed by atoms with Crippen LogP contribution < -0.4 is 15.7 Å². The summed E-state index contributed by atoms with van der Waals surface area (Å²) < 4.78 is 18.4. The van der Waals surface area contributed by atoms with E-state index in [9.17, 15) is 4.79 Å². The highest BCUT2D eigenvalue weighted by Gasteiger charge is 2.60. The second kappa shape index (κ2) is 9.47. The van der Waals surface area contributed by atoms with Gasteiger partial charge in [0.05, 0.1) is 17.7 Å². The summed E-state index contributed by atoms with van der Waals surface area (Å²) in [4.78, 5) is 12.2. The molecule has 0 aliphatic heterocycles. The lowest BCUT2D eigenvalue weighted by Crippen LogP contribution is -2.76. The molecule has 174 valence electrons. The van der Waals surface area contributed by atoms with Crippen molar-refractivity contribution in [3.63, 3.8) is 0 Å². The van der Waals surface area contributed by atoms with Crippen LogP contribution in [0.5, 0.6) is 0 Å². The number of methoxy groups -OCH3 is 1. The molecule has 0 bridgehead atoms. The summed E-state index contributed by atoms with van der Waals surface area (Å²) in [6, 6.07) is 21.1. The van der Waals surface area contributed by atoms with Gasteiger partial charge >= 0.3 is 0 Å². The standard InChI is InChI=1S/C26H37NO4Si/c1-21(28)27-26(18-17-25(26,5)30-20-29-6)19-31-32(24(2,3)4,22-13-9-7-10-14-22)23-15-11-8-12-16-23/h7-16H,17-20H2,1-6H3,(H,27,28)/t25-,26+/m1/s1. The number of amides is 1. The van der Waals surface area contributed by atoms with E-state index in [4.69, 9.17) is 13.9 Å².